The van der Waals surface area contributed by atoms with Crippen LogP contribution in [0.2, 0.25) is 0 Å². The molecule has 1 amide bonds. The first kappa shape index (κ1) is 21.6. The van der Waals surface area contributed by atoms with Gasteiger partial charge in [0.1, 0.15) is 0 Å². The average molecular weight is 410 g/mol. The van der Waals surface area contributed by atoms with E-state index >= 15 is 0 Å². The Morgan fingerprint density at radius 1 is 1.11 bits per heavy atom. The van der Waals surface area contributed by atoms with Crippen molar-refractivity contribution in [2.24, 2.45) is 0 Å². The molecule has 0 heterocycles. The van der Waals surface area contributed by atoms with E-state index in [0.717, 1.165) is 0 Å². The van der Waals surface area contributed by atoms with E-state index in [4.69, 9.17) is 9.47 Å². The number of hydrogen-bond donors (Lipinski definition) is 2. The first-order valence-electron chi connectivity index (χ1n) is 8.33. The van der Waals surface area contributed by atoms with Gasteiger partial charge in [-0.2, -0.15) is 8.78 Å². The summed E-state index contributed by atoms with van der Waals surface area (Å²) < 4.78 is 34.6. The Kier molecular flexibility index (Phi) is 8.70. The lowest BCUT2D eigenvalue weighted by molar-refractivity contribution is -0.124. The first-order valence-corrected chi connectivity index (χ1v) is 9.21. The van der Waals surface area contributed by atoms with Gasteiger partial charge in [0, 0.05) is 24.2 Å². The molecular formula is C19H20F2N2O4S. The zero-order chi connectivity index (χ0) is 20.4. The molecule has 0 saturated carbocycles. The van der Waals surface area contributed by atoms with Crippen LogP contribution >= 0.6 is 11.8 Å². The number of alkyl halides is 2. The molecule has 0 spiro atoms. The van der Waals surface area contributed by atoms with Crippen molar-refractivity contribution < 1.29 is 27.8 Å². The molecule has 150 valence electrons. The van der Waals surface area contributed by atoms with Crippen molar-refractivity contribution >= 4 is 35.0 Å². The Labute approximate surface area is 165 Å². The van der Waals surface area contributed by atoms with Gasteiger partial charge in [0.15, 0.2) is 6.61 Å². The van der Waals surface area contributed by atoms with Crippen LogP contribution in [-0.2, 0) is 14.3 Å². The third kappa shape index (κ3) is 7.16. The second kappa shape index (κ2) is 11.3. The van der Waals surface area contributed by atoms with Crippen LogP contribution in [0, 0.1) is 0 Å². The Morgan fingerprint density at radius 2 is 1.82 bits per heavy atom. The number of nitrogens with one attached hydrogen (secondary N) is 2. The maximum absolute atomic E-state index is 12.4. The molecule has 2 aromatic rings. The second-order valence-corrected chi connectivity index (χ2v) is 6.56. The maximum atomic E-state index is 12.4. The summed E-state index contributed by atoms with van der Waals surface area (Å²) in [6.45, 7) is 0.280. The van der Waals surface area contributed by atoms with Crippen LogP contribution in [0.4, 0.5) is 20.2 Å². The van der Waals surface area contributed by atoms with Gasteiger partial charge in [-0.15, -0.1) is 0 Å². The maximum Gasteiger partial charge on any atom is 0.340 e. The van der Waals surface area contributed by atoms with Gasteiger partial charge < -0.3 is 20.1 Å². The summed E-state index contributed by atoms with van der Waals surface area (Å²) in [5, 5.41) is 5.60. The van der Waals surface area contributed by atoms with Crippen molar-refractivity contribution in [2.45, 2.75) is 10.7 Å². The molecule has 0 aliphatic carbocycles. The largest absolute Gasteiger partial charge is 0.452 e. The van der Waals surface area contributed by atoms with E-state index < -0.39 is 24.2 Å². The van der Waals surface area contributed by atoms with Gasteiger partial charge in [-0.1, -0.05) is 23.9 Å². The number of methoxy groups -OCH3 is 1. The molecule has 2 N–H and O–H groups in total. The fraction of sp³-hybridized carbons (Fsp3) is 0.263. The minimum atomic E-state index is -2.49. The highest BCUT2D eigenvalue weighted by Crippen LogP contribution is 2.28. The van der Waals surface area contributed by atoms with E-state index in [0.29, 0.717) is 41.2 Å². The van der Waals surface area contributed by atoms with Crippen molar-refractivity contribution in [1.29, 1.82) is 0 Å². The number of rotatable bonds is 10. The molecule has 0 bridgehead atoms. The fourth-order valence-electron chi connectivity index (χ4n) is 2.20. The van der Waals surface area contributed by atoms with Gasteiger partial charge in [0.2, 0.25) is 0 Å². The summed E-state index contributed by atoms with van der Waals surface area (Å²) in [5.74, 6) is -3.57. The van der Waals surface area contributed by atoms with Crippen LogP contribution in [0.5, 0.6) is 0 Å². The highest BCUT2D eigenvalue weighted by molar-refractivity contribution is 7.99. The molecular weight excluding hydrogens is 390 g/mol. The van der Waals surface area contributed by atoms with Crippen molar-refractivity contribution in [3.8, 4) is 0 Å². The highest BCUT2D eigenvalue weighted by atomic mass is 32.2. The van der Waals surface area contributed by atoms with Gasteiger partial charge in [0.05, 0.1) is 17.9 Å². The number of halogens is 2. The smallest absolute Gasteiger partial charge is 0.340 e. The number of para-hydroxylation sites is 1. The minimum Gasteiger partial charge on any atom is -0.452 e. The number of ether oxygens (including phenoxy) is 2. The molecule has 2 rings (SSSR count). The molecule has 0 fully saturated rings. The molecule has 0 aliphatic heterocycles. The number of carbonyl (C=O) groups excluding carboxylic acids is 2. The normalized spacial score (nSPS) is 10.6. The quantitative estimate of drug-likeness (QED) is 0.354. The standard InChI is InChI=1S/C19H20F2N2O4S/c1-26-11-10-22-17(24)12-27-18(25)15-4-2-3-5-16(15)23-13-6-8-14(9-7-13)28-19(20)21/h2-9,19,23H,10-12H2,1H3,(H,22,24). The Balaban J connectivity index is 1.98. The topological polar surface area (TPSA) is 76.7 Å². The summed E-state index contributed by atoms with van der Waals surface area (Å²) in [7, 11) is 1.52. The molecule has 0 unspecified atom stereocenters. The third-order valence-corrected chi connectivity index (χ3v) is 4.19. The van der Waals surface area contributed by atoms with Crippen LogP contribution in [0.15, 0.2) is 53.4 Å². The zero-order valence-corrected chi connectivity index (χ0v) is 15.9. The van der Waals surface area contributed by atoms with Crippen LogP contribution < -0.4 is 10.6 Å². The summed E-state index contributed by atoms with van der Waals surface area (Å²) in [6.07, 6.45) is 0. The molecule has 0 aromatic heterocycles. The van der Waals surface area contributed by atoms with E-state index in [1.54, 1.807) is 48.5 Å². The molecule has 6 nitrogen and oxygen atoms in total. The number of anilines is 2. The number of esters is 1. The molecule has 0 atom stereocenters. The molecule has 2 aromatic carbocycles. The van der Waals surface area contributed by atoms with E-state index in [2.05, 4.69) is 10.6 Å². The van der Waals surface area contributed by atoms with Crippen LogP contribution in [0.1, 0.15) is 10.4 Å². The molecule has 0 saturated heterocycles. The Bertz CT molecular complexity index is 788. The lowest BCUT2D eigenvalue weighted by Gasteiger charge is -2.12. The fourth-order valence-corrected chi connectivity index (χ4v) is 2.70. The van der Waals surface area contributed by atoms with E-state index in [1.807, 2.05) is 0 Å². The summed E-state index contributed by atoms with van der Waals surface area (Å²) >= 11 is 0.457. The van der Waals surface area contributed by atoms with E-state index in [1.165, 1.54) is 7.11 Å². The molecule has 9 heteroatoms. The Hall–Kier alpha value is -2.65. The molecule has 0 aliphatic rings. The number of thioether (sulfide) groups is 1. The SMILES string of the molecule is COCCNC(=O)COC(=O)c1ccccc1Nc1ccc(SC(F)F)cc1. The van der Waals surface area contributed by atoms with Gasteiger partial charge in [-0.05, 0) is 36.4 Å². The Morgan fingerprint density at radius 3 is 2.50 bits per heavy atom. The van der Waals surface area contributed by atoms with Gasteiger partial charge in [0.25, 0.3) is 11.7 Å². The van der Waals surface area contributed by atoms with E-state index in [9.17, 15) is 18.4 Å². The lowest BCUT2D eigenvalue weighted by atomic mass is 10.1. The summed E-state index contributed by atoms with van der Waals surface area (Å²) in [4.78, 5) is 24.4. The summed E-state index contributed by atoms with van der Waals surface area (Å²) in [6, 6.07) is 13.0. The van der Waals surface area contributed by atoms with Gasteiger partial charge >= 0.3 is 5.97 Å². The third-order valence-electron chi connectivity index (χ3n) is 3.47. The molecule has 0 radical (unpaired) electrons. The second-order valence-electron chi connectivity index (χ2n) is 5.49. The number of carbonyl (C=O) groups is 2. The average Bonchev–Trinajstić information content (AvgIpc) is 2.68. The summed E-state index contributed by atoms with van der Waals surface area (Å²) in [5.41, 5.74) is 1.34. The predicted octanol–water partition coefficient (Wildman–Crippen LogP) is 3.66. The number of benzene rings is 2. The van der Waals surface area contributed by atoms with Crippen LogP contribution in [0.3, 0.4) is 0 Å². The number of amides is 1. The van der Waals surface area contributed by atoms with Gasteiger partial charge in [-0.3, -0.25) is 4.79 Å². The molecule has 28 heavy (non-hydrogen) atoms. The monoisotopic (exact) mass is 410 g/mol. The minimum absolute atomic E-state index is 0.248. The van der Waals surface area contributed by atoms with Crippen LogP contribution in [-0.4, -0.2) is 44.5 Å². The van der Waals surface area contributed by atoms with Gasteiger partial charge in [-0.25, -0.2) is 4.79 Å². The zero-order valence-electron chi connectivity index (χ0n) is 15.1. The number of hydrogen-bond acceptors (Lipinski definition) is 6. The van der Waals surface area contributed by atoms with Crippen molar-refractivity contribution in [3.63, 3.8) is 0 Å². The highest BCUT2D eigenvalue weighted by Gasteiger charge is 2.14. The van der Waals surface area contributed by atoms with Crippen LogP contribution in [0.25, 0.3) is 0 Å². The van der Waals surface area contributed by atoms with Crippen molar-refractivity contribution in [2.75, 3.05) is 32.2 Å². The first-order chi connectivity index (χ1) is 13.5. The lowest BCUT2D eigenvalue weighted by Crippen LogP contribution is -2.31. The van der Waals surface area contributed by atoms with Crippen molar-refractivity contribution in [3.05, 3.63) is 54.1 Å². The van der Waals surface area contributed by atoms with Crippen molar-refractivity contribution in [1.82, 2.24) is 5.32 Å². The van der Waals surface area contributed by atoms with E-state index in [-0.39, 0.29) is 5.56 Å². The predicted molar refractivity (Wildman–Crippen MR) is 103 cm³/mol.